The summed E-state index contributed by atoms with van der Waals surface area (Å²) in [6, 6.07) is 0. The van der Waals surface area contributed by atoms with E-state index in [2.05, 4.69) is 10.6 Å². The van der Waals surface area contributed by atoms with Gasteiger partial charge in [0, 0.05) is 24.9 Å². The van der Waals surface area contributed by atoms with Crippen LogP contribution in [0, 0.1) is 11.3 Å². The molecule has 1 fully saturated rings. The summed E-state index contributed by atoms with van der Waals surface area (Å²) in [6.45, 7) is 6.79. The molecule has 0 spiro atoms. The van der Waals surface area contributed by atoms with Crippen molar-refractivity contribution in [2.45, 2.75) is 59.0 Å². The normalized spacial score (nSPS) is 22.6. The fraction of sp³-hybridized carbons (Fsp3) is 0.867. The SMILES string of the molecule is CC(C)(C)C(=O)NCCCC(=O)NCC1CCC(O)C1. The Hall–Kier alpha value is -1.10. The zero-order chi connectivity index (χ0) is 15.2. The minimum Gasteiger partial charge on any atom is -0.393 e. The average molecular weight is 284 g/mol. The Bertz CT molecular complexity index is 337. The monoisotopic (exact) mass is 284 g/mol. The highest BCUT2D eigenvalue weighted by molar-refractivity contribution is 5.81. The molecule has 3 N–H and O–H groups in total. The Morgan fingerprint density at radius 2 is 1.90 bits per heavy atom. The Kier molecular flexibility index (Phi) is 6.46. The minimum absolute atomic E-state index is 0.0119. The van der Waals surface area contributed by atoms with E-state index in [1.807, 2.05) is 20.8 Å². The first-order valence-corrected chi connectivity index (χ1v) is 7.52. The van der Waals surface area contributed by atoms with E-state index in [1.54, 1.807) is 0 Å². The molecule has 116 valence electrons. The van der Waals surface area contributed by atoms with Gasteiger partial charge in [0.05, 0.1) is 6.10 Å². The molecule has 2 unspecified atom stereocenters. The second kappa shape index (κ2) is 7.62. The van der Waals surface area contributed by atoms with Crippen LogP contribution in [0.15, 0.2) is 0 Å². The smallest absolute Gasteiger partial charge is 0.225 e. The van der Waals surface area contributed by atoms with E-state index in [1.165, 1.54) is 0 Å². The first kappa shape index (κ1) is 17.0. The second-order valence-electron chi connectivity index (χ2n) is 6.75. The van der Waals surface area contributed by atoms with Crippen LogP contribution in [0.25, 0.3) is 0 Å². The first-order chi connectivity index (χ1) is 9.29. The Balaban J connectivity index is 2.04. The van der Waals surface area contributed by atoms with Crippen LogP contribution in [0.4, 0.5) is 0 Å². The number of hydrogen-bond donors (Lipinski definition) is 3. The molecule has 0 aromatic rings. The van der Waals surface area contributed by atoms with Crippen molar-refractivity contribution in [3.8, 4) is 0 Å². The van der Waals surface area contributed by atoms with Gasteiger partial charge in [0.25, 0.3) is 0 Å². The van der Waals surface area contributed by atoms with Gasteiger partial charge in [-0.15, -0.1) is 0 Å². The molecule has 20 heavy (non-hydrogen) atoms. The van der Waals surface area contributed by atoms with E-state index in [0.29, 0.717) is 31.8 Å². The van der Waals surface area contributed by atoms with Crippen molar-refractivity contribution < 1.29 is 14.7 Å². The first-order valence-electron chi connectivity index (χ1n) is 7.52. The van der Waals surface area contributed by atoms with E-state index in [-0.39, 0.29) is 23.3 Å². The molecule has 0 bridgehead atoms. The molecule has 0 saturated heterocycles. The van der Waals surface area contributed by atoms with Gasteiger partial charge in [-0.25, -0.2) is 0 Å². The average Bonchev–Trinajstić information content (AvgIpc) is 2.76. The van der Waals surface area contributed by atoms with E-state index >= 15 is 0 Å². The van der Waals surface area contributed by atoms with Gasteiger partial charge in [-0.3, -0.25) is 9.59 Å². The van der Waals surface area contributed by atoms with Gasteiger partial charge in [-0.05, 0) is 31.6 Å². The molecule has 5 heteroatoms. The number of aliphatic hydroxyl groups is 1. The van der Waals surface area contributed by atoms with E-state index in [4.69, 9.17) is 0 Å². The van der Waals surface area contributed by atoms with Crippen molar-refractivity contribution in [2.24, 2.45) is 11.3 Å². The van der Waals surface area contributed by atoms with Crippen LogP contribution < -0.4 is 10.6 Å². The zero-order valence-electron chi connectivity index (χ0n) is 12.9. The number of hydrogen-bond acceptors (Lipinski definition) is 3. The lowest BCUT2D eigenvalue weighted by molar-refractivity contribution is -0.128. The van der Waals surface area contributed by atoms with Crippen LogP contribution in [-0.2, 0) is 9.59 Å². The summed E-state index contributed by atoms with van der Waals surface area (Å²) in [5, 5.41) is 15.1. The third-order valence-electron chi connectivity index (χ3n) is 3.65. The summed E-state index contributed by atoms with van der Waals surface area (Å²) in [6.07, 6.45) is 3.52. The highest BCUT2D eigenvalue weighted by atomic mass is 16.3. The number of carbonyl (C=O) groups is 2. The summed E-state index contributed by atoms with van der Waals surface area (Å²) in [5.41, 5.74) is -0.383. The Morgan fingerprint density at radius 1 is 1.20 bits per heavy atom. The Morgan fingerprint density at radius 3 is 2.45 bits per heavy atom. The molecule has 1 saturated carbocycles. The van der Waals surface area contributed by atoms with Crippen molar-refractivity contribution in [1.29, 1.82) is 0 Å². The van der Waals surface area contributed by atoms with Gasteiger partial charge in [-0.2, -0.15) is 0 Å². The fourth-order valence-electron chi connectivity index (χ4n) is 2.30. The maximum absolute atomic E-state index is 11.6. The molecule has 2 amide bonds. The summed E-state index contributed by atoms with van der Waals surface area (Å²) in [4.78, 5) is 23.2. The molecule has 1 aliphatic carbocycles. The van der Waals surface area contributed by atoms with Gasteiger partial charge >= 0.3 is 0 Å². The quantitative estimate of drug-likeness (QED) is 0.641. The zero-order valence-corrected chi connectivity index (χ0v) is 12.9. The molecule has 0 aromatic heterocycles. The predicted octanol–water partition coefficient (Wildman–Crippen LogP) is 1.21. The number of nitrogens with one attached hydrogen (secondary N) is 2. The van der Waals surface area contributed by atoms with E-state index in [9.17, 15) is 14.7 Å². The lowest BCUT2D eigenvalue weighted by Crippen LogP contribution is -2.36. The molecule has 0 aromatic carbocycles. The van der Waals surface area contributed by atoms with Crippen molar-refractivity contribution in [3.63, 3.8) is 0 Å². The number of amides is 2. The predicted molar refractivity (Wildman–Crippen MR) is 78.1 cm³/mol. The lowest BCUT2D eigenvalue weighted by Gasteiger charge is -2.17. The lowest BCUT2D eigenvalue weighted by atomic mass is 9.96. The van der Waals surface area contributed by atoms with Crippen LogP contribution in [-0.4, -0.2) is 36.1 Å². The molecule has 0 heterocycles. The highest BCUT2D eigenvalue weighted by Gasteiger charge is 2.23. The summed E-state index contributed by atoms with van der Waals surface area (Å²) in [5.74, 6) is 0.448. The number of aliphatic hydroxyl groups excluding tert-OH is 1. The standard InChI is InChI=1S/C15H28N2O3/c1-15(2,3)14(20)16-8-4-5-13(19)17-10-11-6-7-12(18)9-11/h11-12,18H,4-10H2,1-3H3,(H,16,20)(H,17,19). The third-order valence-corrected chi connectivity index (χ3v) is 3.65. The van der Waals surface area contributed by atoms with Crippen molar-refractivity contribution >= 4 is 11.8 Å². The molecule has 0 radical (unpaired) electrons. The maximum Gasteiger partial charge on any atom is 0.225 e. The third kappa shape index (κ3) is 6.37. The summed E-state index contributed by atoms with van der Waals surface area (Å²) in [7, 11) is 0. The molecular formula is C15H28N2O3. The number of carbonyl (C=O) groups excluding carboxylic acids is 2. The van der Waals surface area contributed by atoms with Gasteiger partial charge < -0.3 is 15.7 Å². The fourth-order valence-corrected chi connectivity index (χ4v) is 2.30. The Labute approximate surface area is 121 Å². The molecule has 2 atom stereocenters. The maximum atomic E-state index is 11.6. The summed E-state index contributed by atoms with van der Waals surface area (Å²) < 4.78 is 0. The van der Waals surface area contributed by atoms with Crippen LogP contribution in [0.5, 0.6) is 0 Å². The molecule has 1 rings (SSSR count). The van der Waals surface area contributed by atoms with Gasteiger partial charge in [0.15, 0.2) is 0 Å². The highest BCUT2D eigenvalue weighted by Crippen LogP contribution is 2.24. The van der Waals surface area contributed by atoms with Crippen molar-refractivity contribution in [2.75, 3.05) is 13.1 Å². The number of rotatable bonds is 6. The topological polar surface area (TPSA) is 78.4 Å². The largest absolute Gasteiger partial charge is 0.393 e. The molecule has 1 aliphatic rings. The van der Waals surface area contributed by atoms with Crippen LogP contribution in [0.2, 0.25) is 0 Å². The molecule has 0 aliphatic heterocycles. The van der Waals surface area contributed by atoms with Crippen molar-refractivity contribution in [3.05, 3.63) is 0 Å². The van der Waals surface area contributed by atoms with Crippen molar-refractivity contribution in [1.82, 2.24) is 10.6 Å². The molecular weight excluding hydrogens is 256 g/mol. The van der Waals surface area contributed by atoms with Crippen LogP contribution in [0.1, 0.15) is 52.9 Å². The van der Waals surface area contributed by atoms with Gasteiger partial charge in [-0.1, -0.05) is 20.8 Å². The van der Waals surface area contributed by atoms with Crippen LogP contribution in [0.3, 0.4) is 0 Å². The van der Waals surface area contributed by atoms with Gasteiger partial charge in [0.2, 0.25) is 11.8 Å². The minimum atomic E-state index is -0.383. The summed E-state index contributed by atoms with van der Waals surface area (Å²) >= 11 is 0. The van der Waals surface area contributed by atoms with E-state index in [0.717, 1.165) is 19.3 Å². The molecule has 5 nitrogen and oxygen atoms in total. The van der Waals surface area contributed by atoms with E-state index < -0.39 is 0 Å². The van der Waals surface area contributed by atoms with Gasteiger partial charge in [0.1, 0.15) is 0 Å². The second-order valence-corrected chi connectivity index (χ2v) is 6.75. The van der Waals surface area contributed by atoms with Crippen LogP contribution >= 0.6 is 0 Å².